The van der Waals surface area contributed by atoms with Crippen molar-refractivity contribution in [1.29, 1.82) is 0 Å². The Labute approximate surface area is 260 Å². The number of carbonyl (C=O) groups excluding carboxylic acids is 3. The van der Waals surface area contributed by atoms with Crippen LogP contribution in [0.1, 0.15) is 47.8 Å². The first-order chi connectivity index (χ1) is 21.8. The van der Waals surface area contributed by atoms with Gasteiger partial charge in [0.05, 0.1) is 28.1 Å². The number of aryl methyl sites for hydroxylation is 3. The summed E-state index contributed by atoms with van der Waals surface area (Å²) < 4.78 is 24.2. The highest BCUT2D eigenvalue weighted by Gasteiger charge is 2.54. The molecule has 1 fully saturated rings. The summed E-state index contributed by atoms with van der Waals surface area (Å²) in [6.07, 6.45) is -4.23. The van der Waals surface area contributed by atoms with Gasteiger partial charge < -0.3 is 24.4 Å². The third kappa shape index (κ3) is 6.52. The minimum absolute atomic E-state index is 0.267. The molecule has 0 unspecified atom stereocenters. The van der Waals surface area contributed by atoms with E-state index in [0.717, 1.165) is 28.1 Å². The highest BCUT2D eigenvalue weighted by Crippen LogP contribution is 2.37. The molecule has 0 bridgehead atoms. The highest BCUT2D eigenvalue weighted by atomic mass is 16.7. The van der Waals surface area contributed by atoms with E-state index < -0.39 is 42.4 Å². The molecule has 2 aliphatic heterocycles. The molecule has 0 amide bonds. The number of anilines is 2. The van der Waals surface area contributed by atoms with E-state index in [1.54, 1.807) is 53.5 Å². The number of nitrogens with zero attached hydrogens (tertiary/aromatic N) is 1. The molecule has 0 saturated carbocycles. The number of benzene rings is 4. The minimum Gasteiger partial charge on any atom is -0.459 e. The van der Waals surface area contributed by atoms with Gasteiger partial charge in [-0.1, -0.05) is 65.2 Å². The van der Waals surface area contributed by atoms with Crippen LogP contribution in [0.2, 0.25) is 0 Å². The molecule has 0 radical (unpaired) electrons. The van der Waals surface area contributed by atoms with Crippen LogP contribution in [0.25, 0.3) is 0 Å². The number of carbonyl (C=O) groups is 3. The molecule has 10 nitrogen and oxygen atoms in total. The third-order valence-electron chi connectivity index (χ3n) is 7.74. The van der Waals surface area contributed by atoms with Gasteiger partial charge in [0.15, 0.2) is 18.4 Å². The largest absolute Gasteiger partial charge is 0.459 e. The molecule has 1 saturated heterocycles. The molecule has 0 aromatic heterocycles. The van der Waals surface area contributed by atoms with E-state index in [-0.39, 0.29) is 6.61 Å². The van der Waals surface area contributed by atoms with Crippen LogP contribution in [-0.2, 0) is 18.9 Å². The number of hydrazine groups is 2. The lowest BCUT2D eigenvalue weighted by molar-refractivity contribution is -0.0452. The molecular formula is C35H33N3O7. The number of ether oxygens (including phenoxy) is 4. The van der Waals surface area contributed by atoms with Gasteiger partial charge in [0.2, 0.25) is 0 Å². The summed E-state index contributed by atoms with van der Waals surface area (Å²) in [5.41, 5.74) is 11.6. The second-order valence-corrected chi connectivity index (χ2v) is 11.1. The van der Waals surface area contributed by atoms with E-state index in [2.05, 4.69) is 11.0 Å². The lowest BCUT2D eigenvalue weighted by atomic mass is 10.1. The molecule has 45 heavy (non-hydrogen) atoms. The lowest BCUT2D eigenvalue weighted by Gasteiger charge is -2.30. The Bertz CT molecular complexity index is 1690. The van der Waals surface area contributed by atoms with Crippen LogP contribution < -0.4 is 16.0 Å². The summed E-state index contributed by atoms with van der Waals surface area (Å²) in [6.45, 7) is 5.49. The summed E-state index contributed by atoms with van der Waals surface area (Å²) in [5, 5.41) is 1.66. The second-order valence-electron chi connectivity index (χ2n) is 11.1. The van der Waals surface area contributed by atoms with Gasteiger partial charge in [-0.05, 0) is 69.3 Å². The van der Waals surface area contributed by atoms with Gasteiger partial charge >= 0.3 is 17.9 Å². The Morgan fingerprint density at radius 3 is 1.71 bits per heavy atom. The van der Waals surface area contributed by atoms with E-state index in [1.165, 1.54) is 0 Å². The molecule has 6 rings (SSSR count). The van der Waals surface area contributed by atoms with E-state index in [4.69, 9.17) is 18.9 Å². The number of rotatable bonds is 8. The van der Waals surface area contributed by atoms with E-state index >= 15 is 0 Å². The average Bonchev–Trinajstić information content (AvgIpc) is 3.62. The van der Waals surface area contributed by atoms with E-state index in [9.17, 15) is 14.4 Å². The van der Waals surface area contributed by atoms with Crippen LogP contribution in [0.3, 0.4) is 0 Å². The molecule has 2 aliphatic rings. The number of esters is 3. The van der Waals surface area contributed by atoms with Crippen molar-refractivity contribution in [2.45, 2.75) is 45.3 Å². The van der Waals surface area contributed by atoms with E-state index in [1.807, 2.05) is 69.3 Å². The van der Waals surface area contributed by atoms with Crippen molar-refractivity contribution in [2.75, 3.05) is 17.0 Å². The van der Waals surface area contributed by atoms with Crippen molar-refractivity contribution in [1.82, 2.24) is 5.53 Å². The molecule has 4 aromatic rings. The smallest absolute Gasteiger partial charge is 0.338 e. The van der Waals surface area contributed by atoms with Crippen LogP contribution in [0.5, 0.6) is 0 Å². The molecular weight excluding hydrogens is 574 g/mol. The standard InChI is InChI=1S/C35H33N3O7/c1-21-8-14-24(15-9-21)33(39)42-20-29-30(44-34(40)25-16-10-22(2)11-17-25)31(45-35(41)26-18-12-23(3)13-19-26)32(43-29)38-28-7-5-4-6-27(28)36-37-38/h4-19,29-32,36-37H,20H2,1-3H3/t29-,30+,31+,32-/m0/s1. The van der Waals surface area contributed by atoms with Crippen LogP contribution in [0.15, 0.2) is 97.1 Å². The Morgan fingerprint density at radius 2 is 1.16 bits per heavy atom. The number of hydrogen-bond acceptors (Lipinski definition) is 10. The van der Waals surface area contributed by atoms with Crippen molar-refractivity contribution in [2.24, 2.45) is 0 Å². The first kappa shape index (κ1) is 29.9. The SMILES string of the molecule is Cc1ccc(C(=O)OC[C@@H]2O[C@H](N3NNc4ccccc43)[C@H](OC(=O)c3ccc(C)cc3)[C@@H]2OC(=O)c2ccc(C)cc2)cc1. The summed E-state index contributed by atoms with van der Waals surface area (Å²) in [5.74, 6) is -1.82. The van der Waals surface area contributed by atoms with Crippen LogP contribution >= 0.6 is 0 Å². The highest BCUT2D eigenvalue weighted by molar-refractivity contribution is 5.91. The van der Waals surface area contributed by atoms with Gasteiger partial charge in [0, 0.05) is 0 Å². The third-order valence-corrected chi connectivity index (χ3v) is 7.74. The molecule has 230 valence electrons. The average molecular weight is 608 g/mol. The summed E-state index contributed by atoms with van der Waals surface area (Å²) in [6, 6.07) is 28.3. The molecule has 2 N–H and O–H groups in total. The summed E-state index contributed by atoms with van der Waals surface area (Å²) in [4.78, 5) is 39.9. The number of para-hydroxylation sites is 2. The van der Waals surface area contributed by atoms with Gasteiger partial charge in [0.1, 0.15) is 12.7 Å². The monoisotopic (exact) mass is 607 g/mol. The lowest BCUT2D eigenvalue weighted by Crippen LogP contribution is -2.52. The predicted molar refractivity (Wildman–Crippen MR) is 167 cm³/mol. The molecule has 2 heterocycles. The Kier molecular flexibility index (Phi) is 8.50. The fraction of sp³-hybridized carbons (Fsp3) is 0.229. The first-order valence-electron chi connectivity index (χ1n) is 14.6. The maximum atomic E-state index is 13.5. The fourth-order valence-corrected chi connectivity index (χ4v) is 5.18. The zero-order valence-electron chi connectivity index (χ0n) is 25.1. The van der Waals surface area contributed by atoms with Crippen molar-refractivity contribution >= 4 is 29.3 Å². The summed E-state index contributed by atoms with van der Waals surface area (Å²) >= 11 is 0. The topological polar surface area (TPSA) is 115 Å². The Morgan fingerprint density at radius 1 is 0.667 bits per heavy atom. The molecule has 0 spiro atoms. The van der Waals surface area contributed by atoms with Crippen LogP contribution in [0, 0.1) is 20.8 Å². The molecule has 4 atom stereocenters. The van der Waals surface area contributed by atoms with Gasteiger partial charge in [-0.25, -0.2) is 14.4 Å². The Hall–Kier alpha value is -5.19. The fourth-order valence-electron chi connectivity index (χ4n) is 5.18. The molecule has 10 heteroatoms. The molecule has 0 aliphatic carbocycles. The summed E-state index contributed by atoms with van der Waals surface area (Å²) in [7, 11) is 0. The number of fused-ring (bicyclic) bond motifs is 1. The first-order valence-corrected chi connectivity index (χ1v) is 14.6. The number of nitrogens with one attached hydrogen (secondary N) is 2. The quantitative estimate of drug-likeness (QED) is 0.202. The van der Waals surface area contributed by atoms with Crippen LogP contribution in [-0.4, -0.2) is 49.1 Å². The second kappa shape index (κ2) is 12.8. The van der Waals surface area contributed by atoms with E-state index in [0.29, 0.717) is 16.7 Å². The predicted octanol–water partition coefficient (Wildman–Crippen LogP) is 5.30. The van der Waals surface area contributed by atoms with Crippen molar-refractivity contribution in [3.63, 3.8) is 0 Å². The van der Waals surface area contributed by atoms with Gasteiger partial charge in [0.25, 0.3) is 0 Å². The van der Waals surface area contributed by atoms with Gasteiger partial charge in [-0.3, -0.25) is 5.01 Å². The van der Waals surface area contributed by atoms with Gasteiger partial charge in [-0.15, -0.1) is 5.53 Å². The van der Waals surface area contributed by atoms with Gasteiger partial charge in [-0.2, -0.15) is 0 Å². The number of hydrogen-bond donors (Lipinski definition) is 2. The van der Waals surface area contributed by atoms with Crippen molar-refractivity contribution in [3.05, 3.63) is 130 Å². The minimum atomic E-state index is -1.14. The van der Waals surface area contributed by atoms with Crippen molar-refractivity contribution < 1.29 is 33.3 Å². The zero-order chi connectivity index (χ0) is 31.5. The maximum absolute atomic E-state index is 13.5. The normalized spacial score (nSPS) is 20.2. The zero-order valence-corrected chi connectivity index (χ0v) is 25.1. The molecule has 4 aromatic carbocycles. The van der Waals surface area contributed by atoms with Crippen molar-refractivity contribution in [3.8, 4) is 0 Å². The van der Waals surface area contributed by atoms with Crippen LogP contribution in [0.4, 0.5) is 11.4 Å². The maximum Gasteiger partial charge on any atom is 0.338 e. The Balaban J connectivity index is 1.33.